The van der Waals surface area contributed by atoms with Crippen molar-refractivity contribution in [2.24, 2.45) is 0 Å². The topological polar surface area (TPSA) is 32.7 Å². The Morgan fingerprint density at radius 3 is 2.71 bits per heavy atom. The summed E-state index contributed by atoms with van der Waals surface area (Å²) >= 11 is 5.89. The zero-order valence-corrected chi connectivity index (χ0v) is 11.4. The molecule has 1 aromatic rings. The van der Waals surface area contributed by atoms with Crippen LogP contribution < -0.4 is 4.74 Å². The first-order valence-electron chi connectivity index (χ1n) is 5.75. The zero-order chi connectivity index (χ0) is 12.8. The molecule has 0 fully saturated rings. The van der Waals surface area contributed by atoms with E-state index in [2.05, 4.69) is 4.90 Å². The van der Waals surface area contributed by atoms with Crippen LogP contribution in [0, 0.1) is 0 Å². The molecule has 0 saturated heterocycles. The quantitative estimate of drug-likeness (QED) is 0.796. The lowest BCUT2D eigenvalue weighted by Crippen LogP contribution is -2.15. The molecule has 1 rings (SSSR count). The average Bonchev–Trinajstić information content (AvgIpc) is 2.25. The largest absolute Gasteiger partial charge is 0.493 e. The van der Waals surface area contributed by atoms with E-state index in [0.717, 1.165) is 18.5 Å². The first kappa shape index (κ1) is 14.3. The number of rotatable bonds is 6. The van der Waals surface area contributed by atoms with E-state index in [1.807, 2.05) is 14.1 Å². The third kappa shape index (κ3) is 4.94. The second kappa shape index (κ2) is 6.84. The Morgan fingerprint density at radius 1 is 1.41 bits per heavy atom. The van der Waals surface area contributed by atoms with Crippen molar-refractivity contribution in [2.75, 3.05) is 27.2 Å². The highest BCUT2D eigenvalue weighted by Crippen LogP contribution is 2.28. The van der Waals surface area contributed by atoms with E-state index in [1.54, 1.807) is 25.1 Å². The number of aliphatic hydroxyl groups excluding tert-OH is 1. The number of hydrogen-bond donors (Lipinski definition) is 1. The van der Waals surface area contributed by atoms with Crippen molar-refractivity contribution >= 4 is 11.6 Å². The van der Waals surface area contributed by atoms with Crippen LogP contribution in [0.15, 0.2) is 18.2 Å². The predicted octanol–water partition coefficient (Wildman–Crippen LogP) is 2.72. The van der Waals surface area contributed by atoms with Crippen molar-refractivity contribution < 1.29 is 9.84 Å². The van der Waals surface area contributed by atoms with Gasteiger partial charge in [-0.2, -0.15) is 0 Å². The highest BCUT2D eigenvalue weighted by molar-refractivity contribution is 6.30. The van der Waals surface area contributed by atoms with Crippen molar-refractivity contribution in [3.8, 4) is 5.75 Å². The summed E-state index contributed by atoms with van der Waals surface area (Å²) < 4.78 is 5.66. The van der Waals surface area contributed by atoms with Crippen LogP contribution in [0.4, 0.5) is 0 Å². The van der Waals surface area contributed by atoms with Gasteiger partial charge in [0.2, 0.25) is 0 Å². The van der Waals surface area contributed by atoms with Crippen molar-refractivity contribution in [3.63, 3.8) is 0 Å². The van der Waals surface area contributed by atoms with E-state index < -0.39 is 6.10 Å². The Labute approximate surface area is 108 Å². The number of nitrogens with zero attached hydrogens (tertiary/aromatic N) is 1. The lowest BCUT2D eigenvalue weighted by atomic mass is 10.1. The molecule has 4 heteroatoms. The van der Waals surface area contributed by atoms with Crippen molar-refractivity contribution in [1.29, 1.82) is 0 Å². The Bertz CT molecular complexity index is 353. The Hall–Kier alpha value is -0.770. The van der Waals surface area contributed by atoms with Gasteiger partial charge in [0.15, 0.2) is 0 Å². The number of hydrogen-bond acceptors (Lipinski definition) is 3. The van der Waals surface area contributed by atoms with Gasteiger partial charge in [-0.25, -0.2) is 0 Å². The van der Waals surface area contributed by atoms with E-state index in [0.29, 0.717) is 17.4 Å². The molecule has 0 bridgehead atoms. The monoisotopic (exact) mass is 257 g/mol. The smallest absolute Gasteiger partial charge is 0.125 e. The van der Waals surface area contributed by atoms with E-state index in [4.69, 9.17) is 16.3 Å². The summed E-state index contributed by atoms with van der Waals surface area (Å²) in [5, 5.41) is 10.2. The van der Waals surface area contributed by atoms with Crippen molar-refractivity contribution in [2.45, 2.75) is 19.4 Å². The molecular weight excluding hydrogens is 238 g/mol. The van der Waals surface area contributed by atoms with Crippen LogP contribution in [-0.2, 0) is 0 Å². The maximum atomic E-state index is 9.63. The predicted molar refractivity (Wildman–Crippen MR) is 70.8 cm³/mol. The number of aliphatic hydroxyl groups is 1. The summed E-state index contributed by atoms with van der Waals surface area (Å²) in [5.74, 6) is 0.711. The third-order valence-electron chi connectivity index (χ3n) is 2.43. The molecule has 0 aliphatic carbocycles. The fraction of sp³-hybridized carbons (Fsp3) is 0.538. The molecule has 0 amide bonds. The summed E-state index contributed by atoms with van der Waals surface area (Å²) in [4.78, 5) is 2.11. The van der Waals surface area contributed by atoms with Gasteiger partial charge in [-0.1, -0.05) is 11.6 Å². The molecular formula is C13H20ClNO2. The van der Waals surface area contributed by atoms with Gasteiger partial charge in [-0.05, 0) is 45.6 Å². The van der Waals surface area contributed by atoms with Gasteiger partial charge in [0, 0.05) is 17.1 Å². The van der Waals surface area contributed by atoms with Gasteiger partial charge in [-0.3, -0.25) is 0 Å². The molecule has 1 aromatic carbocycles. The summed E-state index contributed by atoms with van der Waals surface area (Å²) in [7, 11) is 4.06. The number of ether oxygens (including phenoxy) is 1. The van der Waals surface area contributed by atoms with Crippen LogP contribution in [0.5, 0.6) is 5.75 Å². The lowest BCUT2D eigenvalue weighted by Gasteiger charge is -2.15. The van der Waals surface area contributed by atoms with E-state index in [1.165, 1.54) is 0 Å². The van der Waals surface area contributed by atoms with Crippen LogP contribution in [0.25, 0.3) is 0 Å². The van der Waals surface area contributed by atoms with Crippen LogP contribution in [0.2, 0.25) is 5.02 Å². The van der Waals surface area contributed by atoms with Gasteiger partial charge in [0.25, 0.3) is 0 Å². The molecule has 0 radical (unpaired) electrons. The maximum Gasteiger partial charge on any atom is 0.125 e. The summed E-state index contributed by atoms with van der Waals surface area (Å²) in [6.45, 7) is 3.33. The molecule has 0 aliphatic rings. The van der Waals surface area contributed by atoms with Crippen LogP contribution in [0.3, 0.4) is 0 Å². The summed E-state index contributed by atoms with van der Waals surface area (Å²) in [6, 6.07) is 5.32. The fourth-order valence-corrected chi connectivity index (χ4v) is 1.72. The number of halogens is 1. The highest BCUT2D eigenvalue weighted by Gasteiger charge is 2.09. The third-order valence-corrected chi connectivity index (χ3v) is 2.66. The van der Waals surface area contributed by atoms with Gasteiger partial charge < -0.3 is 14.7 Å². The molecule has 0 heterocycles. The van der Waals surface area contributed by atoms with Gasteiger partial charge in [0.05, 0.1) is 12.7 Å². The summed E-state index contributed by atoms with van der Waals surface area (Å²) in [6.07, 6.45) is 0.382. The molecule has 0 saturated carbocycles. The van der Waals surface area contributed by atoms with Crippen molar-refractivity contribution in [1.82, 2.24) is 4.90 Å². The average molecular weight is 258 g/mol. The molecule has 1 atom stereocenters. The minimum Gasteiger partial charge on any atom is -0.493 e. The second-order valence-corrected chi connectivity index (χ2v) is 4.80. The maximum absolute atomic E-state index is 9.63. The Kier molecular flexibility index (Phi) is 5.75. The van der Waals surface area contributed by atoms with E-state index >= 15 is 0 Å². The second-order valence-electron chi connectivity index (χ2n) is 4.36. The van der Waals surface area contributed by atoms with Gasteiger partial charge >= 0.3 is 0 Å². The standard InChI is InChI=1S/C13H20ClNO2/c1-10(16)12-9-11(14)5-6-13(12)17-8-4-7-15(2)3/h5-6,9-10,16H,4,7-8H2,1-3H3/t10-/m0/s1. The lowest BCUT2D eigenvalue weighted by molar-refractivity contribution is 0.190. The first-order chi connectivity index (χ1) is 8.00. The zero-order valence-electron chi connectivity index (χ0n) is 10.6. The van der Waals surface area contributed by atoms with E-state index in [-0.39, 0.29) is 0 Å². The first-order valence-corrected chi connectivity index (χ1v) is 6.13. The molecule has 17 heavy (non-hydrogen) atoms. The molecule has 96 valence electrons. The van der Waals surface area contributed by atoms with Crippen LogP contribution in [-0.4, -0.2) is 37.3 Å². The Balaban J connectivity index is 2.58. The Morgan fingerprint density at radius 2 is 2.12 bits per heavy atom. The normalized spacial score (nSPS) is 12.8. The van der Waals surface area contributed by atoms with Crippen LogP contribution in [0.1, 0.15) is 25.0 Å². The van der Waals surface area contributed by atoms with Crippen molar-refractivity contribution in [3.05, 3.63) is 28.8 Å². The highest BCUT2D eigenvalue weighted by atomic mass is 35.5. The van der Waals surface area contributed by atoms with Crippen LogP contribution >= 0.6 is 11.6 Å². The molecule has 0 unspecified atom stereocenters. The molecule has 1 N–H and O–H groups in total. The van der Waals surface area contributed by atoms with E-state index in [9.17, 15) is 5.11 Å². The molecule has 3 nitrogen and oxygen atoms in total. The SMILES string of the molecule is C[C@H](O)c1cc(Cl)ccc1OCCCN(C)C. The molecule has 0 aliphatic heterocycles. The fourth-order valence-electron chi connectivity index (χ4n) is 1.54. The number of benzene rings is 1. The van der Waals surface area contributed by atoms with Gasteiger partial charge in [-0.15, -0.1) is 0 Å². The minimum atomic E-state index is -0.572. The molecule has 0 aromatic heterocycles. The minimum absolute atomic E-state index is 0.572. The van der Waals surface area contributed by atoms with Gasteiger partial charge in [0.1, 0.15) is 5.75 Å². The summed E-state index contributed by atoms with van der Waals surface area (Å²) in [5.41, 5.74) is 0.738. The molecule has 0 spiro atoms.